The van der Waals surface area contributed by atoms with Crippen LogP contribution in [-0.4, -0.2) is 17.0 Å². The zero-order valence-corrected chi connectivity index (χ0v) is 21.2. The molecule has 0 saturated carbocycles. The summed E-state index contributed by atoms with van der Waals surface area (Å²) >= 11 is 0. The van der Waals surface area contributed by atoms with Crippen LogP contribution >= 0.6 is 0 Å². The van der Waals surface area contributed by atoms with Gasteiger partial charge in [-0.1, -0.05) is 34.9 Å². The first-order valence-corrected chi connectivity index (χ1v) is 12.0. The summed E-state index contributed by atoms with van der Waals surface area (Å²) in [5, 5.41) is 10.3. The molecule has 0 bridgehead atoms. The van der Waals surface area contributed by atoms with Crippen LogP contribution in [0.3, 0.4) is 0 Å². The van der Waals surface area contributed by atoms with Gasteiger partial charge in [0.05, 0.1) is 5.56 Å². The molecule has 2 rings (SSSR count). The molecule has 1 aliphatic heterocycles. The summed E-state index contributed by atoms with van der Waals surface area (Å²) in [6.45, 7) is 14.7. The fraction of sp³-hybridized carbons (Fsp3) is 0.552. The molecule has 1 heterocycles. The number of benzene rings is 1. The Morgan fingerprint density at radius 2 is 1.56 bits per heavy atom. The highest BCUT2D eigenvalue weighted by molar-refractivity contribution is 5.84. The Morgan fingerprint density at radius 1 is 0.969 bits per heavy atom. The zero-order chi connectivity index (χ0) is 23.9. The van der Waals surface area contributed by atoms with Crippen molar-refractivity contribution < 1.29 is 14.6 Å². The van der Waals surface area contributed by atoms with Gasteiger partial charge < -0.3 is 9.84 Å². The quantitative estimate of drug-likeness (QED) is 0.296. The minimum atomic E-state index is -0.250. The minimum Gasteiger partial charge on any atom is -0.507 e. The number of hydrogen-bond donors (Lipinski definition) is 1. The lowest BCUT2D eigenvalue weighted by molar-refractivity contribution is 0.0557. The fourth-order valence-corrected chi connectivity index (χ4v) is 4.45. The van der Waals surface area contributed by atoms with Crippen LogP contribution in [-0.2, 0) is 6.42 Å². The number of ether oxygens (including phenoxy) is 1. The Morgan fingerprint density at radius 3 is 2.16 bits per heavy atom. The molecule has 0 amide bonds. The normalized spacial score (nSPS) is 18.7. The highest BCUT2D eigenvalue weighted by Crippen LogP contribution is 2.44. The van der Waals surface area contributed by atoms with Crippen LogP contribution in [0.25, 0.3) is 0 Å². The molecular weight excluding hydrogens is 396 g/mol. The molecule has 32 heavy (non-hydrogen) atoms. The molecule has 0 radical (unpaired) electrons. The van der Waals surface area contributed by atoms with Crippen molar-refractivity contribution in [1.29, 1.82) is 0 Å². The lowest BCUT2D eigenvalue weighted by Crippen LogP contribution is -2.37. The van der Waals surface area contributed by atoms with E-state index in [-0.39, 0.29) is 11.4 Å². The summed E-state index contributed by atoms with van der Waals surface area (Å²) in [6, 6.07) is 0. The monoisotopic (exact) mass is 438 g/mol. The summed E-state index contributed by atoms with van der Waals surface area (Å²) in [5.41, 5.74) is 6.97. The number of aromatic hydroxyl groups is 1. The Bertz CT molecular complexity index is 913. The molecule has 0 saturated heterocycles. The summed E-state index contributed by atoms with van der Waals surface area (Å²) in [7, 11) is 0. The highest BCUT2D eigenvalue weighted by atomic mass is 16.5. The summed E-state index contributed by atoms with van der Waals surface area (Å²) in [5.74, 6) is 0.897. The van der Waals surface area contributed by atoms with Gasteiger partial charge >= 0.3 is 0 Å². The number of hydrogen-bond acceptors (Lipinski definition) is 3. The van der Waals surface area contributed by atoms with Crippen LogP contribution in [0.1, 0.15) is 107 Å². The second-order valence-corrected chi connectivity index (χ2v) is 9.99. The first-order chi connectivity index (χ1) is 15.1. The van der Waals surface area contributed by atoms with Gasteiger partial charge in [-0.05, 0) is 105 Å². The predicted octanol–water partition coefficient (Wildman–Crippen LogP) is 8.10. The average Bonchev–Trinajstić information content (AvgIpc) is 2.72. The van der Waals surface area contributed by atoms with Gasteiger partial charge in [-0.25, -0.2) is 0 Å². The molecule has 1 aliphatic rings. The Labute approximate surface area is 195 Å². The van der Waals surface area contributed by atoms with Crippen LogP contribution in [0.2, 0.25) is 0 Å². The van der Waals surface area contributed by atoms with Gasteiger partial charge in [0.1, 0.15) is 17.1 Å². The summed E-state index contributed by atoms with van der Waals surface area (Å²) < 4.78 is 6.46. The van der Waals surface area contributed by atoms with Crippen molar-refractivity contribution in [2.24, 2.45) is 0 Å². The summed E-state index contributed by atoms with van der Waals surface area (Å²) in [6.07, 6.45) is 16.0. The van der Waals surface area contributed by atoms with Crippen LogP contribution in [0.15, 0.2) is 34.9 Å². The molecule has 1 aromatic carbocycles. The topological polar surface area (TPSA) is 46.5 Å². The van der Waals surface area contributed by atoms with Crippen molar-refractivity contribution in [3.8, 4) is 11.5 Å². The Balaban J connectivity index is 1.92. The average molecular weight is 439 g/mol. The van der Waals surface area contributed by atoms with Crippen LogP contribution in [0, 0.1) is 13.8 Å². The number of carbonyl (C=O) groups excluding carboxylic acids is 1. The molecule has 0 aliphatic carbocycles. The van der Waals surface area contributed by atoms with E-state index in [2.05, 4.69) is 52.8 Å². The number of allylic oxidation sites excluding steroid dienone is 6. The third-order valence-corrected chi connectivity index (χ3v) is 6.74. The van der Waals surface area contributed by atoms with Gasteiger partial charge in [-0.2, -0.15) is 0 Å². The van der Waals surface area contributed by atoms with Gasteiger partial charge in [-0.15, -0.1) is 0 Å². The number of phenolic OH excluding ortho intramolecular Hbond substituents is 1. The largest absolute Gasteiger partial charge is 0.507 e. The third kappa shape index (κ3) is 6.85. The zero-order valence-electron chi connectivity index (χ0n) is 21.2. The number of carbonyl (C=O) groups is 1. The van der Waals surface area contributed by atoms with Crippen molar-refractivity contribution in [1.82, 2.24) is 0 Å². The molecule has 0 spiro atoms. The molecule has 1 atom stereocenters. The third-order valence-electron chi connectivity index (χ3n) is 6.74. The van der Waals surface area contributed by atoms with Crippen molar-refractivity contribution in [2.75, 3.05) is 0 Å². The maximum Gasteiger partial charge on any atom is 0.154 e. The molecule has 1 N–H and O–H groups in total. The minimum absolute atomic E-state index is 0.100. The highest BCUT2D eigenvalue weighted by Gasteiger charge is 2.34. The van der Waals surface area contributed by atoms with Crippen LogP contribution < -0.4 is 4.74 Å². The molecule has 1 aromatic rings. The Kier molecular flexibility index (Phi) is 9.36. The van der Waals surface area contributed by atoms with Gasteiger partial charge in [-0.3, -0.25) is 4.79 Å². The Hall–Kier alpha value is -2.29. The summed E-state index contributed by atoms with van der Waals surface area (Å²) in [4.78, 5) is 11.5. The van der Waals surface area contributed by atoms with E-state index in [1.807, 2.05) is 13.8 Å². The van der Waals surface area contributed by atoms with Crippen LogP contribution in [0.4, 0.5) is 0 Å². The van der Waals surface area contributed by atoms with Gasteiger partial charge in [0.15, 0.2) is 6.29 Å². The van der Waals surface area contributed by atoms with Crippen molar-refractivity contribution in [3.63, 3.8) is 0 Å². The fourth-order valence-electron chi connectivity index (χ4n) is 4.45. The molecule has 0 fully saturated rings. The maximum atomic E-state index is 11.5. The smallest absolute Gasteiger partial charge is 0.154 e. The van der Waals surface area contributed by atoms with Crippen molar-refractivity contribution in [3.05, 3.63) is 57.2 Å². The van der Waals surface area contributed by atoms with E-state index in [1.165, 1.54) is 16.7 Å². The van der Waals surface area contributed by atoms with E-state index in [0.717, 1.165) is 80.1 Å². The van der Waals surface area contributed by atoms with Gasteiger partial charge in [0.2, 0.25) is 0 Å². The SMILES string of the molecule is CC(C)=CCC/C(C)=C/CC/C(C)=C/CCC1(C)CCc2c(C)c(O)c(C=O)c(C)c2O1. The van der Waals surface area contributed by atoms with Gasteiger partial charge in [0.25, 0.3) is 0 Å². The van der Waals surface area contributed by atoms with E-state index in [9.17, 15) is 9.90 Å². The molecule has 0 aromatic heterocycles. The van der Waals surface area contributed by atoms with E-state index in [1.54, 1.807) is 0 Å². The van der Waals surface area contributed by atoms with Gasteiger partial charge in [0, 0.05) is 11.1 Å². The number of phenols is 1. The van der Waals surface area contributed by atoms with Crippen molar-refractivity contribution in [2.45, 2.75) is 105 Å². The molecule has 3 nitrogen and oxygen atoms in total. The predicted molar refractivity (Wildman–Crippen MR) is 135 cm³/mol. The van der Waals surface area contributed by atoms with E-state index < -0.39 is 0 Å². The molecule has 176 valence electrons. The standard InChI is InChI=1S/C29H42O3/c1-20(2)11-8-12-21(3)13-9-14-22(4)15-10-17-29(7)18-16-25-23(5)27(31)26(19-30)24(6)28(25)32-29/h11,13,15,19,31H,8-10,12,14,16-18H2,1-7H3/b21-13+,22-15+. The van der Waals surface area contributed by atoms with E-state index in [4.69, 9.17) is 4.74 Å². The number of aldehydes is 1. The maximum absolute atomic E-state index is 11.5. The van der Waals surface area contributed by atoms with Crippen LogP contribution in [0.5, 0.6) is 11.5 Å². The van der Waals surface area contributed by atoms with E-state index in [0.29, 0.717) is 5.56 Å². The van der Waals surface area contributed by atoms with Crippen molar-refractivity contribution >= 4 is 6.29 Å². The lowest BCUT2D eigenvalue weighted by Gasteiger charge is -2.37. The number of fused-ring (bicyclic) bond motifs is 1. The van der Waals surface area contributed by atoms with E-state index >= 15 is 0 Å². The molecule has 1 unspecified atom stereocenters. The second-order valence-electron chi connectivity index (χ2n) is 9.99. The number of rotatable bonds is 10. The molecular formula is C29H42O3. The first-order valence-electron chi connectivity index (χ1n) is 12.0. The first kappa shape index (κ1) is 26.0. The molecule has 3 heteroatoms. The lowest BCUT2D eigenvalue weighted by atomic mass is 9.85. The second kappa shape index (κ2) is 11.5.